The molecule has 1 aromatic heterocycles. The summed E-state index contributed by atoms with van der Waals surface area (Å²) in [5, 5.41) is 3.15. The van der Waals surface area contributed by atoms with E-state index in [-0.39, 0.29) is 6.10 Å². The highest BCUT2D eigenvalue weighted by atomic mass is 16.5. The van der Waals surface area contributed by atoms with Gasteiger partial charge in [0.2, 0.25) is 5.88 Å². The van der Waals surface area contributed by atoms with Crippen molar-refractivity contribution in [1.82, 2.24) is 9.97 Å². The summed E-state index contributed by atoms with van der Waals surface area (Å²) < 4.78 is 15.8. The molecule has 0 bridgehead atoms. The smallest absolute Gasteiger partial charge is 0.242 e. The second-order valence-electron chi connectivity index (χ2n) is 4.49. The zero-order chi connectivity index (χ0) is 14.8. The predicted molar refractivity (Wildman–Crippen MR) is 78.0 cm³/mol. The van der Waals surface area contributed by atoms with Gasteiger partial charge >= 0.3 is 0 Å². The maximum absolute atomic E-state index is 5.95. The van der Waals surface area contributed by atoms with E-state index in [1.54, 1.807) is 7.11 Å². The third-order valence-corrected chi connectivity index (χ3v) is 2.38. The van der Waals surface area contributed by atoms with Crippen LogP contribution >= 0.6 is 0 Å². The Kier molecular flexibility index (Phi) is 7.67. The molecule has 20 heavy (non-hydrogen) atoms. The van der Waals surface area contributed by atoms with Crippen LogP contribution in [0.3, 0.4) is 0 Å². The Hall–Kier alpha value is -1.60. The molecule has 0 fully saturated rings. The number of aromatic nitrogens is 2. The third-order valence-electron chi connectivity index (χ3n) is 2.38. The van der Waals surface area contributed by atoms with E-state index in [2.05, 4.69) is 15.3 Å². The van der Waals surface area contributed by atoms with E-state index in [0.717, 1.165) is 13.0 Å². The molecule has 1 heterocycles. The number of rotatable bonds is 10. The van der Waals surface area contributed by atoms with Crippen molar-refractivity contribution in [1.29, 1.82) is 0 Å². The minimum atomic E-state index is 0.0224. The number of methoxy groups -OCH3 is 1. The van der Waals surface area contributed by atoms with Gasteiger partial charge in [-0.05, 0) is 20.3 Å². The molecule has 0 radical (unpaired) electrons. The molecule has 1 aromatic rings. The van der Waals surface area contributed by atoms with E-state index in [1.807, 2.05) is 13.8 Å². The van der Waals surface area contributed by atoms with Gasteiger partial charge in [0.25, 0.3) is 0 Å². The lowest BCUT2D eigenvalue weighted by Gasteiger charge is -2.13. The number of nitrogen functional groups attached to an aromatic ring is 1. The zero-order valence-electron chi connectivity index (χ0n) is 12.4. The number of hydrogen-bond donors (Lipinski definition) is 2. The molecule has 0 amide bonds. The largest absolute Gasteiger partial charge is 0.473 e. The van der Waals surface area contributed by atoms with Crippen molar-refractivity contribution in [2.75, 3.05) is 44.5 Å². The second kappa shape index (κ2) is 9.33. The van der Waals surface area contributed by atoms with Gasteiger partial charge in [0.05, 0.1) is 19.3 Å². The molecule has 7 nitrogen and oxygen atoms in total. The van der Waals surface area contributed by atoms with Crippen LogP contribution in [0.5, 0.6) is 5.88 Å². The molecule has 0 atom stereocenters. The topological polar surface area (TPSA) is 91.5 Å². The van der Waals surface area contributed by atoms with Gasteiger partial charge in [-0.3, -0.25) is 0 Å². The minimum Gasteiger partial charge on any atom is -0.473 e. The molecule has 0 saturated carbocycles. The van der Waals surface area contributed by atoms with Crippen molar-refractivity contribution in [2.45, 2.75) is 26.4 Å². The van der Waals surface area contributed by atoms with Gasteiger partial charge in [0, 0.05) is 20.3 Å². The highest BCUT2D eigenvalue weighted by Gasteiger charge is 2.09. The highest BCUT2D eigenvalue weighted by Crippen LogP contribution is 2.25. The zero-order valence-corrected chi connectivity index (χ0v) is 12.4. The summed E-state index contributed by atoms with van der Waals surface area (Å²) >= 11 is 0. The van der Waals surface area contributed by atoms with Crippen molar-refractivity contribution in [2.24, 2.45) is 0 Å². The summed E-state index contributed by atoms with van der Waals surface area (Å²) in [7, 11) is 1.65. The van der Waals surface area contributed by atoms with E-state index in [1.165, 1.54) is 6.33 Å². The van der Waals surface area contributed by atoms with Gasteiger partial charge in [-0.2, -0.15) is 4.98 Å². The highest BCUT2D eigenvalue weighted by molar-refractivity contribution is 5.66. The first-order valence-corrected chi connectivity index (χ1v) is 6.72. The van der Waals surface area contributed by atoms with Crippen LogP contribution in [0.15, 0.2) is 6.33 Å². The van der Waals surface area contributed by atoms with Crippen LogP contribution in [0.1, 0.15) is 20.3 Å². The van der Waals surface area contributed by atoms with Crippen LogP contribution in [-0.2, 0) is 9.47 Å². The number of nitrogens with one attached hydrogen (secondary N) is 1. The molecule has 0 aliphatic rings. The number of ether oxygens (including phenoxy) is 3. The Morgan fingerprint density at radius 3 is 2.75 bits per heavy atom. The molecule has 0 unspecified atom stereocenters. The van der Waals surface area contributed by atoms with Crippen LogP contribution in [0.4, 0.5) is 11.5 Å². The summed E-state index contributed by atoms with van der Waals surface area (Å²) in [6.07, 6.45) is 2.31. The minimum absolute atomic E-state index is 0.0224. The number of hydrogen-bond acceptors (Lipinski definition) is 7. The Balaban J connectivity index is 2.33. The molecule has 114 valence electrons. The molecular formula is C13H24N4O3. The lowest BCUT2D eigenvalue weighted by Crippen LogP contribution is -2.13. The van der Waals surface area contributed by atoms with Crippen molar-refractivity contribution in [3.8, 4) is 5.88 Å². The maximum atomic E-state index is 5.95. The van der Waals surface area contributed by atoms with Gasteiger partial charge in [0.1, 0.15) is 12.0 Å². The van der Waals surface area contributed by atoms with Crippen LogP contribution in [0, 0.1) is 0 Å². The molecule has 0 aliphatic carbocycles. The number of anilines is 2. The Morgan fingerprint density at radius 1 is 1.25 bits per heavy atom. The molecule has 0 saturated heterocycles. The summed E-state index contributed by atoms with van der Waals surface area (Å²) in [4.78, 5) is 8.13. The fraction of sp³-hybridized carbons (Fsp3) is 0.692. The second-order valence-corrected chi connectivity index (χ2v) is 4.49. The first kappa shape index (κ1) is 16.5. The standard InChI is InChI=1S/C13H24N4O3/c1-10(2)20-13-11(14)12(16-9-17-13)15-5-4-6-19-8-7-18-3/h9-10H,4-8,14H2,1-3H3,(H,15,16,17). The molecule has 0 aromatic carbocycles. The summed E-state index contributed by atoms with van der Waals surface area (Å²) in [5.41, 5.74) is 6.38. The molecule has 7 heteroatoms. The van der Waals surface area contributed by atoms with Crippen LogP contribution in [0.2, 0.25) is 0 Å². The number of nitrogens with two attached hydrogens (primary N) is 1. The lowest BCUT2D eigenvalue weighted by molar-refractivity contribution is 0.0705. The van der Waals surface area contributed by atoms with Crippen molar-refractivity contribution in [3.05, 3.63) is 6.33 Å². The molecule has 0 spiro atoms. The van der Waals surface area contributed by atoms with Crippen molar-refractivity contribution < 1.29 is 14.2 Å². The quantitative estimate of drug-likeness (QED) is 0.626. The first-order chi connectivity index (χ1) is 9.65. The van der Waals surface area contributed by atoms with E-state index >= 15 is 0 Å². The molecule has 3 N–H and O–H groups in total. The lowest BCUT2D eigenvalue weighted by atomic mass is 10.4. The molecule has 1 rings (SSSR count). The summed E-state index contributed by atoms with van der Waals surface area (Å²) in [5.74, 6) is 1.00. The number of nitrogens with zero attached hydrogens (tertiary/aromatic N) is 2. The van der Waals surface area contributed by atoms with E-state index < -0.39 is 0 Å². The normalized spacial score (nSPS) is 10.8. The SMILES string of the molecule is COCCOCCCNc1ncnc(OC(C)C)c1N. The van der Waals surface area contributed by atoms with Crippen LogP contribution in [-0.4, -0.2) is 49.5 Å². The van der Waals surface area contributed by atoms with Crippen molar-refractivity contribution >= 4 is 11.5 Å². The average molecular weight is 284 g/mol. The summed E-state index contributed by atoms with van der Waals surface area (Å²) in [6, 6.07) is 0. The Morgan fingerprint density at radius 2 is 2.05 bits per heavy atom. The third kappa shape index (κ3) is 6.03. The fourth-order valence-electron chi connectivity index (χ4n) is 1.46. The van der Waals surface area contributed by atoms with Crippen LogP contribution < -0.4 is 15.8 Å². The van der Waals surface area contributed by atoms with Crippen molar-refractivity contribution in [3.63, 3.8) is 0 Å². The van der Waals surface area contributed by atoms with Gasteiger partial charge < -0.3 is 25.3 Å². The average Bonchev–Trinajstić information content (AvgIpc) is 2.41. The van der Waals surface area contributed by atoms with Gasteiger partial charge in [-0.25, -0.2) is 4.98 Å². The maximum Gasteiger partial charge on any atom is 0.242 e. The van der Waals surface area contributed by atoms with Gasteiger partial charge in [-0.15, -0.1) is 0 Å². The van der Waals surface area contributed by atoms with Crippen LogP contribution in [0.25, 0.3) is 0 Å². The molecular weight excluding hydrogens is 260 g/mol. The first-order valence-electron chi connectivity index (χ1n) is 6.72. The molecule has 0 aliphatic heterocycles. The van der Waals surface area contributed by atoms with E-state index in [0.29, 0.717) is 37.2 Å². The fourth-order valence-corrected chi connectivity index (χ4v) is 1.46. The Bertz CT molecular complexity index is 388. The Labute approximate surface area is 119 Å². The van der Waals surface area contributed by atoms with E-state index in [9.17, 15) is 0 Å². The predicted octanol–water partition coefficient (Wildman–Crippen LogP) is 1.31. The van der Waals surface area contributed by atoms with E-state index in [4.69, 9.17) is 19.9 Å². The van der Waals surface area contributed by atoms with Gasteiger partial charge in [-0.1, -0.05) is 0 Å². The summed E-state index contributed by atoms with van der Waals surface area (Å²) in [6.45, 7) is 6.45. The van der Waals surface area contributed by atoms with Gasteiger partial charge in [0.15, 0.2) is 5.82 Å². The monoisotopic (exact) mass is 284 g/mol.